The molecule has 3 aliphatic heterocycles. The molecule has 2 bridgehead atoms. The lowest BCUT2D eigenvalue weighted by atomic mass is 9.69. The van der Waals surface area contributed by atoms with Crippen LogP contribution in [0.1, 0.15) is 85.5 Å². The number of thiazole rings is 1. The molecule has 5 N–H and O–H groups in total. The number of aromatic nitrogens is 2. The Morgan fingerprint density at radius 1 is 1.10 bits per heavy atom. The van der Waals surface area contributed by atoms with E-state index >= 15 is 0 Å². The average Bonchev–Trinajstić information content (AvgIpc) is 3.59. The maximum atomic E-state index is 13.9. The predicted octanol–water partition coefficient (Wildman–Crippen LogP) is 5.31. The van der Waals surface area contributed by atoms with Crippen LogP contribution in [0.3, 0.4) is 0 Å². The topological polar surface area (TPSA) is 157 Å². The van der Waals surface area contributed by atoms with Crippen LogP contribution in [0.15, 0.2) is 59.5 Å². The van der Waals surface area contributed by atoms with Crippen LogP contribution in [0.5, 0.6) is 5.75 Å². The van der Waals surface area contributed by atoms with E-state index in [1.807, 2.05) is 6.07 Å². The smallest absolute Gasteiger partial charge is 0.316 e. The highest BCUT2D eigenvalue weighted by Gasteiger charge is 2.46. The van der Waals surface area contributed by atoms with Gasteiger partial charge in [-0.15, -0.1) is 11.3 Å². The Labute approximate surface area is 301 Å². The molecule has 12 heteroatoms. The van der Waals surface area contributed by atoms with Crippen molar-refractivity contribution in [2.75, 3.05) is 31.5 Å². The molecule has 4 aliphatic rings. The third kappa shape index (κ3) is 8.04. The summed E-state index contributed by atoms with van der Waals surface area (Å²) in [6.07, 6.45) is 9.67. The van der Waals surface area contributed by atoms with Crippen molar-refractivity contribution in [3.8, 4) is 5.75 Å². The van der Waals surface area contributed by atoms with Gasteiger partial charge in [-0.3, -0.25) is 19.3 Å². The van der Waals surface area contributed by atoms with E-state index in [1.165, 1.54) is 23.5 Å². The molecule has 4 fully saturated rings. The number of nitrogens with one attached hydrogen (secondary N) is 3. The van der Waals surface area contributed by atoms with Crippen LogP contribution in [0, 0.1) is 5.92 Å². The van der Waals surface area contributed by atoms with Crippen molar-refractivity contribution in [2.45, 2.75) is 88.4 Å². The first kappa shape index (κ1) is 35.3. The number of aryl methyl sites for hydroxylation is 1. The molecule has 8 rings (SSSR count). The standard InChI is InChI=1S/C39H47N5O6S/c45-31-12-10-29(30-11-13-35(48)42-36(30)31)32(46)23-40-21-28-22-41-38(51-28)43-34(47)9-5-7-25-6-4-8-27(20-25)39(16-2-1-3-17-39)37(49)50-33-24-44-18-14-26(33)15-19-44/h4,6,8,10-13,20,22,26,32-33,40,45-46H,1-3,5,7,9,14-19,21,23-24H2,(H,42,48)(H,41,43,47)/t32?,33-/m0/s1. The van der Waals surface area contributed by atoms with Crippen molar-refractivity contribution < 1.29 is 24.5 Å². The number of ether oxygens (including phenoxy) is 1. The van der Waals surface area contributed by atoms with Crippen molar-refractivity contribution >= 4 is 39.2 Å². The summed E-state index contributed by atoms with van der Waals surface area (Å²) in [5, 5.41) is 28.2. The number of nitrogens with zero attached hydrogens (tertiary/aromatic N) is 2. The zero-order valence-electron chi connectivity index (χ0n) is 28.9. The highest BCUT2D eigenvalue weighted by Crippen LogP contribution is 2.42. The summed E-state index contributed by atoms with van der Waals surface area (Å²) in [7, 11) is 0. The number of fused-ring (bicyclic) bond motifs is 4. The minimum absolute atomic E-state index is 0.00561. The van der Waals surface area contributed by atoms with Crippen LogP contribution in [0.2, 0.25) is 0 Å². The fraction of sp³-hybridized carbons (Fsp3) is 0.487. The molecule has 4 aromatic rings. The number of rotatable bonds is 13. The number of amides is 1. The van der Waals surface area contributed by atoms with Crippen molar-refractivity contribution in [2.24, 2.45) is 5.92 Å². The predicted molar refractivity (Wildman–Crippen MR) is 197 cm³/mol. The van der Waals surface area contributed by atoms with E-state index in [1.54, 1.807) is 18.3 Å². The van der Waals surface area contributed by atoms with Gasteiger partial charge in [0.15, 0.2) is 5.13 Å². The van der Waals surface area contributed by atoms with Crippen molar-refractivity contribution in [1.29, 1.82) is 0 Å². The molecule has 0 spiro atoms. The van der Waals surface area contributed by atoms with Gasteiger partial charge in [0, 0.05) is 48.6 Å². The van der Waals surface area contributed by atoms with Gasteiger partial charge in [0.1, 0.15) is 11.9 Å². The van der Waals surface area contributed by atoms with Gasteiger partial charge in [-0.05, 0) is 86.4 Å². The lowest BCUT2D eigenvalue weighted by Gasteiger charge is -2.45. The van der Waals surface area contributed by atoms with Crippen molar-refractivity contribution in [3.63, 3.8) is 0 Å². The number of esters is 1. The number of carbonyl (C=O) groups is 2. The summed E-state index contributed by atoms with van der Waals surface area (Å²) in [5.41, 5.74) is 2.14. The van der Waals surface area contributed by atoms with Crippen molar-refractivity contribution in [3.05, 3.63) is 86.6 Å². The molecule has 1 unspecified atom stereocenters. The average molecular weight is 714 g/mol. The van der Waals surface area contributed by atoms with E-state index in [2.05, 4.69) is 43.7 Å². The van der Waals surface area contributed by atoms with Crippen LogP contribution < -0.4 is 16.2 Å². The van der Waals surface area contributed by atoms with E-state index in [4.69, 9.17) is 4.74 Å². The Morgan fingerprint density at radius 2 is 1.92 bits per heavy atom. The number of aliphatic hydroxyl groups is 1. The van der Waals surface area contributed by atoms with E-state index in [-0.39, 0.29) is 35.8 Å². The number of pyridine rings is 1. The molecule has 0 radical (unpaired) electrons. The third-order valence-corrected chi connectivity index (χ3v) is 11.9. The zero-order chi connectivity index (χ0) is 35.4. The van der Waals surface area contributed by atoms with Crippen LogP contribution in [0.25, 0.3) is 10.9 Å². The van der Waals surface area contributed by atoms with Crippen LogP contribution in [0.4, 0.5) is 5.13 Å². The summed E-state index contributed by atoms with van der Waals surface area (Å²) in [4.78, 5) is 48.7. The first-order valence-electron chi connectivity index (χ1n) is 18.3. The van der Waals surface area contributed by atoms with Gasteiger partial charge < -0.3 is 30.6 Å². The van der Waals surface area contributed by atoms with Crippen LogP contribution in [-0.2, 0) is 32.7 Å². The van der Waals surface area contributed by atoms with Gasteiger partial charge in [0.05, 0.1) is 17.0 Å². The Hall–Kier alpha value is -4.10. The normalized spacial score (nSPS) is 21.7. The number of aromatic amines is 1. The Kier molecular flexibility index (Phi) is 10.8. The summed E-state index contributed by atoms with van der Waals surface area (Å²) >= 11 is 1.37. The Balaban J connectivity index is 0.885. The van der Waals surface area contributed by atoms with Crippen LogP contribution in [-0.4, -0.2) is 69.2 Å². The lowest BCUT2D eigenvalue weighted by Crippen LogP contribution is -2.53. The number of phenols is 1. The molecular weight excluding hydrogens is 667 g/mol. The van der Waals surface area contributed by atoms with E-state index in [9.17, 15) is 24.6 Å². The fourth-order valence-electron chi connectivity index (χ4n) is 8.16. The van der Waals surface area contributed by atoms with Gasteiger partial charge in [-0.1, -0.05) is 49.6 Å². The first-order valence-corrected chi connectivity index (χ1v) is 19.1. The maximum absolute atomic E-state index is 13.9. The molecule has 1 amide bonds. The Bertz CT molecular complexity index is 1910. The second kappa shape index (κ2) is 15.6. The highest BCUT2D eigenvalue weighted by atomic mass is 32.1. The molecule has 51 heavy (non-hydrogen) atoms. The number of phenolic OH excluding ortho intramolecular Hbond substituents is 1. The molecule has 2 aromatic carbocycles. The SMILES string of the molecule is O=C(CCCc1cccc(C2(C(=O)O[C@H]3CN4CCC3CC4)CCCCC2)c1)Nc1ncc(CNCC(O)c2ccc(O)c3[nH]c(=O)ccc23)s1. The van der Waals surface area contributed by atoms with E-state index in [0.29, 0.717) is 46.9 Å². The number of H-pyrrole nitrogens is 1. The van der Waals surface area contributed by atoms with Gasteiger partial charge >= 0.3 is 5.97 Å². The quantitative estimate of drug-likeness (QED) is 0.116. The minimum atomic E-state index is -0.871. The molecule has 3 saturated heterocycles. The molecule has 270 valence electrons. The molecule has 11 nitrogen and oxygen atoms in total. The van der Waals surface area contributed by atoms with Gasteiger partial charge in [0.25, 0.3) is 0 Å². The third-order valence-electron chi connectivity index (χ3n) is 11.0. The number of benzene rings is 2. The summed E-state index contributed by atoms with van der Waals surface area (Å²) in [6, 6.07) is 14.4. The molecule has 5 heterocycles. The summed E-state index contributed by atoms with van der Waals surface area (Å²) in [5.74, 6) is 0.285. The van der Waals surface area contributed by atoms with E-state index in [0.717, 1.165) is 87.0 Å². The Morgan fingerprint density at radius 3 is 2.71 bits per heavy atom. The number of hydrogen-bond donors (Lipinski definition) is 5. The highest BCUT2D eigenvalue weighted by molar-refractivity contribution is 7.15. The number of anilines is 1. The first-order chi connectivity index (χ1) is 24.8. The van der Waals surface area contributed by atoms with Crippen LogP contribution >= 0.6 is 11.3 Å². The lowest BCUT2D eigenvalue weighted by molar-refractivity contribution is -0.167. The van der Waals surface area contributed by atoms with Gasteiger partial charge in [-0.25, -0.2) is 4.98 Å². The zero-order valence-corrected chi connectivity index (χ0v) is 29.7. The summed E-state index contributed by atoms with van der Waals surface area (Å²) < 4.78 is 6.33. The number of carbonyl (C=O) groups excluding carboxylic acids is 2. The molecule has 1 aliphatic carbocycles. The summed E-state index contributed by atoms with van der Waals surface area (Å²) in [6.45, 7) is 3.78. The second-order valence-electron chi connectivity index (χ2n) is 14.4. The largest absolute Gasteiger partial charge is 0.506 e. The maximum Gasteiger partial charge on any atom is 0.316 e. The monoisotopic (exact) mass is 713 g/mol. The number of hydrogen-bond acceptors (Lipinski definition) is 10. The fourth-order valence-corrected chi connectivity index (χ4v) is 8.96. The molecule has 2 atom stereocenters. The van der Waals surface area contributed by atoms with Gasteiger partial charge in [-0.2, -0.15) is 0 Å². The van der Waals surface area contributed by atoms with Crippen molar-refractivity contribution in [1.82, 2.24) is 20.2 Å². The second-order valence-corrected chi connectivity index (χ2v) is 15.5. The molecule has 2 aromatic heterocycles. The van der Waals surface area contributed by atoms with Gasteiger partial charge in [0.2, 0.25) is 11.5 Å². The number of piperidine rings is 3. The minimum Gasteiger partial charge on any atom is -0.506 e. The number of aromatic hydroxyl groups is 1. The number of aliphatic hydroxyl groups excluding tert-OH is 1. The molecule has 1 saturated carbocycles. The molecular formula is C39H47N5O6S. The van der Waals surface area contributed by atoms with E-state index < -0.39 is 11.5 Å².